The third kappa shape index (κ3) is 2.33. The van der Waals surface area contributed by atoms with Crippen LogP contribution in [0.5, 0.6) is 0 Å². The van der Waals surface area contributed by atoms with E-state index in [2.05, 4.69) is 5.16 Å². The Bertz CT molecular complexity index is 456. The van der Waals surface area contributed by atoms with Crippen LogP contribution in [-0.2, 0) is 9.63 Å². The van der Waals surface area contributed by atoms with Gasteiger partial charge in [-0.2, -0.15) is 0 Å². The summed E-state index contributed by atoms with van der Waals surface area (Å²) in [7, 11) is 0. The number of hydrogen-bond acceptors (Lipinski definition) is 4. The molecule has 0 N–H and O–H groups in total. The number of carbonyl (C=O) groups excluding carboxylic acids is 2. The van der Waals surface area contributed by atoms with Crippen molar-refractivity contribution < 1.29 is 14.4 Å². The SMILES string of the molecule is CC1=NOC(N(C=O)C(=O)c2ccccc2)C1. The molecule has 0 saturated heterocycles. The second-order valence-electron chi connectivity index (χ2n) is 3.77. The fourth-order valence-corrected chi connectivity index (χ4v) is 1.60. The molecule has 1 aliphatic rings. The number of hydrogen-bond donors (Lipinski definition) is 0. The molecule has 0 spiro atoms. The number of amides is 2. The third-order valence-electron chi connectivity index (χ3n) is 2.48. The van der Waals surface area contributed by atoms with Gasteiger partial charge >= 0.3 is 0 Å². The summed E-state index contributed by atoms with van der Waals surface area (Å²) in [5.41, 5.74) is 1.22. The summed E-state index contributed by atoms with van der Waals surface area (Å²) < 4.78 is 0. The molecule has 0 saturated carbocycles. The molecule has 88 valence electrons. The predicted molar refractivity (Wildman–Crippen MR) is 61.3 cm³/mol. The van der Waals surface area contributed by atoms with Gasteiger partial charge in [0.05, 0.1) is 5.71 Å². The second-order valence-corrected chi connectivity index (χ2v) is 3.77. The topological polar surface area (TPSA) is 59.0 Å². The molecule has 1 aromatic rings. The van der Waals surface area contributed by atoms with Crippen molar-refractivity contribution in [2.75, 3.05) is 0 Å². The molecule has 5 nitrogen and oxygen atoms in total. The van der Waals surface area contributed by atoms with Crippen molar-refractivity contribution in [3.63, 3.8) is 0 Å². The summed E-state index contributed by atoms with van der Waals surface area (Å²) in [6.07, 6.45) is 0.311. The summed E-state index contributed by atoms with van der Waals surface area (Å²) in [5.74, 6) is -0.379. The minimum atomic E-state index is -0.625. The van der Waals surface area contributed by atoms with Crippen molar-refractivity contribution in [1.29, 1.82) is 0 Å². The first kappa shape index (κ1) is 11.3. The first-order valence-electron chi connectivity index (χ1n) is 5.24. The summed E-state index contributed by atoms with van der Waals surface area (Å²) in [5, 5.41) is 3.73. The zero-order chi connectivity index (χ0) is 12.3. The number of carbonyl (C=O) groups is 2. The van der Waals surface area contributed by atoms with Crippen LogP contribution < -0.4 is 0 Å². The minimum absolute atomic E-state index is 0.379. The van der Waals surface area contributed by atoms with E-state index in [0.717, 1.165) is 10.6 Å². The van der Waals surface area contributed by atoms with E-state index in [0.29, 0.717) is 18.4 Å². The molecule has 0 fully saturated rings. The Labute approximate surface area is 98.7 Å². The fourth-order valence-electron chi connectivity index (χ4n) is 1.60. The van der Waals surface area contributed by atoms with Gasteiger partial charge in [0.15, 0.2) is 0 Å². The zero-order valence-corrected chi connectivity index (χ0v) is 9.37. The van der Waals surface area contributed by atoms with Crippen LogP contribution >= 0.6 is 0 Å². The first-order chi connectivity index (χ1) is 8.22. The maximum Gasteiger partial charge on any atom is 0.263 e. The summed E-state index contributed by atoms with van der Waals surface area (Å²) >= 11 is 0. The normalized spacial score (nSPS) is 18.2. The molecule has 0 aromatic heterocycles. The Hall–Kier alpha value is -2.17. The van der Waals surface area contributed by atoms with E-state index in [9.17, 15) is 9.59 Å². The van der Waals surface area contributed by atoms with Crippen molar-refractivity contribution in [2.45, 2.75) is 19.6 Å². The Morgan fingerprint density at radius 1 is 1.47 bits per heavy atom. The average Bonchev–Trinajstić information content (AvgIpc) is 2.78. The number of rotatable bonds is 3. The lowest BCUT2D eigenvalue weighted by atomic mass is 10.2. The van der Waals surface area contributed by atoms with Crippen LogP contribution in [0.15, 0.2) is 35.5 Å². The largest absolute Gasteiger partial charge is 0.370 e. The number of oxime groups is 1. The smallest absolute Gasteiger partial charge is 0.263 e. The summed E-state index contributed by atoms with van der Waals surface area (Å²) in [6, 6.07) is 8.60. The molecule has 2 rings (SSSR count). The predicted octanol–water partition coefficient (Wildman–Crippen LogP) is 1.41. The van der Waals surface area contributed by atoms with Gasteiger partial charge in [0, 0.05) is 12.0 Å². The van der Waals surface area contributed by atoms with Crippen LogP contribution in [0.3, 0.4) is 0 Å². The first-order valence-corrected chi connectivity index (χ1v) is 5.24. The van der Waals surface area contributed by atoms with Crippen molar-refractivity contribution in [3.8, 4) is 0 Å². The second kappa shape index (κ2) is 4.78. The number of nitrogens with zero attached hydrogens (tertiary/aromatic N) is 2. The van der Waals surface area contributed by atoms with Gasteiger partial charge in [-0.15, -0.1) is 0 Å². The molecule has 1 heterocycles. The van der Waals surface area contributed by atoms with E-state index in [1.165, 1.54) is 0 Å². The zero-order valence-electron chi connectivity index (χ0n) is 9.37. The molecule has 1 unspecified atom stereocenters. The molecule has 1 aliphatic heterocycles. The molecule has 17 heavy (non-hydrogen) atoms. The molecule has 0 aliphatic carbocycles. The van der Waals surface area contributed by atoms with E-state index in [-0.39, 0.29) is 5.91 Å². The van der Waals surface area contributed by atoms with Gasteiger partial charge in [0.25, 0.3) is 5.91 Å². The molecular formula is C12H12N2O3. The van der Waals surface area contributed by atoms with Crippen LogP contribution in [-0.4, -0.2) is 29.2 Å². The monoisotopic (exact) mass is 232 g/mol. The fraction of sp³-hybridized carbons (Fsp3) is 0.250. The molecule has 1 atom stereocenters. The highest BCUT2D eigenvalue weighted by atomic mass is 16.7. The molecule has 0 radical (unpaired) electrons. The Balaban J connectivity index is 2.14. The van der Waals surface area contributed by atoms with Crippen LogP contribution in [0.25, 0.3) is 0 Å². The van der Waals surface area contributed by atoms with E-state index in [1.807, 2.05) is 0 Å². The van der Waals surface area contributed by atoms with Gasteiger partial charge in [0.2, 0.25) is 12.6 Å². The maximum absolute atomic E-state index is 12.0. The van der Waals surface area contributed by atoms with E-state index in [1.54, 1.807) is 37.3 Å². The highest BCUT2D eigenvalue weighted by Gasteiger charge is 2.29. The van der Waals surface area contributed by atoms with Crippen molar-refractivity contribution in [2.24, 2.45) is 5.16 Å². The van der Waals surface area contributed by atoms with Gasteiger partial charge in [-0.25, -0.2) is 4.90 Å². The Morgan fingerprint density at radius 3 is 2.71 bits per heavy atom. The van der Waals surface area contributed by atoms with E-state index in [4.69, 9.17) is 4.84 Å². The number of benzene rings is 1. The van der Waals surface area contributed by atoms with E-state index < -0.39 is 6.23 Å². The van der Waals surface area contributed by atoms with Gasteiger partial charge in [-0.05, 0) is 19.1 Å². The van der Waals surface area contributed by atoms with E-state index >= 15 is 0 Å². The summed E-state index contributed by atoms with van der Waals surface area (Å²) in [6.45, 7) is 1.79. The molecule has 2 amide bonds. The maximum atomic E-state index is 12.0. The highest BCUT2D eigenvalue weighted by Crippen LogP contribution is 2.16. The Morgan fingerprint density at radius 2 is 2.18 bits per heavy atom. The van der Waals surface area contributed by atoms with Crippen LogP contribution in [0.4, 0.5) is 0 Å². The lowest BCUT2D eigenvalue weighted by molar-refractivity contribution is -0.125. The standard InChI is InChI=1S/C12H12N2O3/c1-9-7-11(17-13-9)14(8-15)12(16)10-5-3-2-4-6-10/h2-6,8,11H,7H2,1H3. The lowest BCUT2D eigenvalue weighted by Gasteiger charge is -2.20. The summed E-state index contributed by atoms with van der Waals surface area (Å²) in [4.78, 5) is 29.1. The van der Waals surface area contributed by atoms with Crippen molar-refractivity contribution in [3.05, 3.63) is 35.9 Å². The average molecular weight is 232 g/mol. The molecule has 1 aromatic carbocycles. The van der Waals surface area contributed by atoms with Crippen molar-refractivity contribution in [1.82, 2.24) is 4.90 Å². The van der Waals surface area contributed by atoms with Crippen LogP contribution in [0, 0.1) is 0 Å². The van der Waals surface area contributed by atoms with Crippen LogP contribution in [0.1, 0.15) is 23.7 Å². The van der Waals surface area contributed by atoms with Crippen LogP contribution in [0.2, 0.25) is 0 Å². The minimum Gasteiger partial charge on any atom is -0.370 e. The Kier molecular flexibility index (Phi) is 3.18. The lowest BCUT2D eigenvalue weighted by Crippen LogP contribution is -2.39. The number of imide groups is 1. The van der Waals surface area contributed by atoms with Gasteiger partial charge in [0.1, 0.15) is 0 Å². The molecular weight excluding hydrogens is 220 g/mol. The van der Waals surface area contributed by atoms with Gasteiger partial charge < -0.3 is 4.84 Å². The highest BCUT2D eigenvalue weighted by molar-refractivity contribution is 6.00. The van der Waals surface area contributed by atoms with Gasteiger partial charge in [-0.1, -0.05) is 23.4 Å². The third-order valence-corrected chi connectivity index (χ3v) is 2.48. The molecule has 5 heteroatoms. The quantitative estimate of drug-likeness (QED) is 0.740. The van der Waals surface area contributed by atoms with Gasteiger partial charge in [-0.3, -0.25) is 9.59 Å². The van der Waals surface area contributed by atoms with Crippen molar-refractivity contribution >= 4 is 18.0 Å². The molecule has 0 bridgehead atoms.